The second-order valence-corrected chi connectivity index (χ2v) is 5.90. The zero-order valence-corrected chi connectivity index (χ0v) is 14.1. The van der Waals surface area contributed by atoms with E-state index in [9.17, 15) is 4.79 Å². The molecule has 1 N–H and O–H groups in total. The third-order valence-corrected chi connectivity index (χ3v) is 4.22. The first-order valence-electron chi connectivity index (χ1n) is 7.21. The van der Waals surface area contributed by atoms with E-state index in [-0.39, 0.29) is 12.3 Å². The lowest BCUT2D eigenvalue weighted by Crippen LogP contribution is -2.14. The highest BCUT2D eigenvalue weighted by atomic mass is 32.1. The van der Waals surface area contributed by atoms with Gasteiger partial charge in [0, 0.05) is 17.8 Å². The van der Waals surface area contributed by atoms with E-state index in [0.29, 0.717) is 28.6 Å². The van der Waals surface area contributed by atoms with Crippen molar-refractivity contribution >= 4 is 22.9 Å². The highest BCUT2D eigenvalue weighted by molar-refractivity contribution is 7.13. The molecule has 1 amide bonds. The van der Waals surface area contributed by atoms with E-state index in [4.69, 9.17) is 14.0 Å². The van der Waals surface area contributed by atoms with Gasteiger partial charge in [0.15, 0.2) is 17.3 Å². The maximum absolute atomic E-state index is 12.2. The van der Waals surface area contributed by atoms with Gasteiger partial charge in [0.05, 0.1) is 31.2 Å². The molecule has 0 aliphatic heterocycles. The first-order chi connectivity index (χ1) is 11.7. The lowest BCUT2D eigenvalue weighted by Gasteiger charge is -2.10. The Morgan fingerprint density at radius 3 is 2.75 bits per heavy atom. The summed E-state index contributed by atoms with van der Waals surface area (Å²) < 4.78 is 15.7. The van der Waals surface area contributed by atoms with Crippen LogP contribution in [0.15, 0.2) is 46.3 Å². The molecule has 3 rings (SSSR count). The van der Waals surface area contributed by atoms with E-state index >= 15 is 0 Å². The Balaban J connectivity index is 1.65. The minimum Gasteiger partial charge on any atom is -0.493 e. The SMILES string of the molecule is COc1ccc(NC(=O)Cc2cc(-c3cccs3)on2)cc1OC. The number of carbonyl (C=O) groups is 1. The van der Waals surface area contributed by atoms with Gasteiger partial charge in [0.1, 0.15) is 0 Å². The molecular formula is C17H16N2O4S. The standard InChI is InChI=1S/C17H16N2O4S/c1-21-13-6-5-11(8-14(13)22-2)18-17(20)10-12-9-15(23-19-12)16-4-3-7-24-16/h3-9H,10H2,1-2H3,(H,18,20). The van der Waals surface area contributed by atoms with Crippen LogP contribution in [0, 0.1) is 0 Å². The van der Waals surface area contributed by atoms with E-state index in [0.717, 1.165) is 4.88 Å². The van der Waals surface area contributed by atoms with Gasteiger partial charge in [0.25, 0.3) is 0 Å². The van der Waals surface area contributed by atoms with Gasteiger partial charge in [-0.25, -0.2) is 0 Å². The number of rotatable bonds is 6. The number of hydrogen-bond acceptors (Lipinski definition) is 6. The predicted molar refractivity (Wildman–Crippen MR) is 91.7 cm³/mol. The quantitative estimate of drug-likeness (QED) is 0.739. The van der Waals surface area contributed by atoms with Crippen LogP contribution in [0.1, 0.15) is 5.69 Å². The number of hydrogen-bond donors (Lipinski definition) is 1. The van der Waals surface area contributed by atoms with Crippen molar-refractivity contribution in [2.75, 3.05) is 19.5 Å². The molecule has 0 spiro atoms. The van der Waals surface area contributed by atoms with E-state index in [1.807, 2.05) is 17.5 Å². The number of ether oxygens (including phenoxy) is 2. The summed E-state index contributed by atoms with van der Waals surface area (Å²) in [4.78, 5) is 13.2. The van der Waals surface area contributed by atoms with E-state index in [1.165, 1.54) is 0 Å². The van der Waals surface area contributed by atoms with Crippen molar-refractivity contribution in [1.29, 1.82) is 0 Å². The van der Waals surface area contributed by atoms with Crippen molar-refractivity contribution in [2.45, 2.75) is 6.42 Å². The molecule has 0 fully saturated rings. The van der Waals surface area contributed by atoms with Crippen LogP contribution in [-0.4, -0.2) is 25.3 Å². The Morgan fingerprint density at radius 1 is 1.21 bits per heavy atom. The fourth-order valence-electron chi connectivity index (χ4n) is 2.21. The highest BCUT2D eigenvalue weighted by Gasteiger charge is 2.12. The molecule has 0 saturated heterocycles. The second kappa shape index (κ2) is 7.18. The van der Waals surface area contributed by atoms with Gasteiger partial charge in [-0.1, -0.05) is 11.2 Å². The zero-order chi connectivity index (χ0) is 16.9. The smallest absolute Gasteiger partial charge is 0.230 e. The third kappa shape index (κ3) is 3.57. The summed E-state index contributed by atoms with van der Waals surface area (Å²) in [6.45, 7) is 0. The van der Waals surface area contributed by atoms with Crippen molar-refractivity contribution in [3.63, 3.8) is 0 Å². The monoisotopic (exact) mass is 344 g/mol. The minimum atomic E-state index is -0.187. The summed E-state index contributed by atoms with van der Waals surface area (Å²) in [5.41, 5.74) is 1.20. The predicted octanol–water partition coefficient (Wildman–Crippen LogP) is 3.60. The van der Waals surface area contributed by atoms with Gasteiger partial charge >= 0.3 is 0 Å². The van der Waals surface area contributed by atoms with Crippen molar-refractivity contribution in [2.24, 2.45) is 0 Å². The van der Waals surface area contributed by atoms with Gasteiger partial charge in [0.2, 0.25) is 5.91 Å². The lowest BCUT2D eigenvalue weighted by molar-refractivity contribution is -0.115. The topological polar surface area (TPSA) is 73.6 Å². The molecule has 0 atom stereocenters. The van der Waals surface area contributed by atoms with Crippen molar-refractivity contribution in [3.05, 3.63) is 47.5 Å². The van der Waals surface area contributed by atoms with Crippen LogP contribution in [0.2, 0.25) is 0 Å². The molecule has 124 valence electrons. The first kappa shape index (κ1) is 16.1. The molecule has 24 heavy (non-hydrogen) atoms. The van der Waals surface area contributed by atoms with Gasteiger partial charge in [-0.15, -0.1) is 11.3 Å². The number of amides is 1. The molecule has 0 radical (unpaired) electrons. The zero-order valence-electron chi connectivity index (χ0n) is 13.2. The maximum Gasteiger partial charge on any atom is 0.230 e. The largest absolute Gasteiger partial charge is 0.493 e. The number of methoxy groups -OCH3 is 2. The summed E-state index contributed by atoms with van der Waals surface area (Å²) in [7, 11) is 3.11. The van der Waals surface area contributed by atoms with Gasteiger partial charge in [-0.2, -0.15) is 0 Å². The fourth-order valence-corrected chi connectivity index (χ4v) is 2.89. The summed E-state index contributed by atoms with van der Waals surface area (Å²) >= 11 is 1.56. The molecular weight excluding hydrogens is 328 g/mol. The number of thiophene rings is 1. The number of aromatic nitrogens is 1. The lowest BCUT2D eigenvalue weighted by atomic mass is 10.2. The number of carbonyl (C=O) groups excluding carboxylic acids is 1. The maximum atomic E-state index is 12.2. The number of nitrogens with zero attached hydrogens (tertiary/aromatic N) is 1. The van der Waals surface area contributed by atoms with Gasteiger partial charge < -0.3 is 19.3 Å². The van der Waals surface area contributed by atoms with Crippen LogP contribution in [0.25, 0.3) is 10.6 Å². The fraction of sp³-hybridized carbons (Fsp3) is 0.176. The van der Waals surface area contributed by atoms with E-state index in [1.54, 1.807) is 49.8 Å². The van der Waals surface area contributed by atoms with E-state index < -0.39 is 0 Å². The number of anilines is 1. The molecule has 1 aromatic carbocycles. The number of nitrogens with one attached hydrogen (secondary N) is 1. The Morgan fingerprint density at radius 2 is 2.04 bits per heavy atom. The minimum absolute atomic E-state index is 0.128. The molecule has 0 aliphatic rings. The average molecular weight is 344 g/mol. The van der Waals surface area contributed by atoms with Crippen LogP contribution < -0.4 is 14.8 Å². The van der Waals surface area contributed by atoms with Crippen LogP contribution in [0.3, 0.4) is 0 Å². The Labute approximate surface area is 143 Å². The third-order valence-electron chi connectivity index (χ3n) is 3.33. The van der Waals surface area contributed by atoms with Gasteiger partial charge in [-0.05, 0) is 23.6 Å². The van der Waals surface area contributed by atoms with E-state index in [2.05, 4.69) is 10.5 Å². The van der Waals surface area contributed by atoms with Gasteiger partial charge in [-0.3, -0.25) is 4.79 Å². The Hall–Kier alpha value is -2.80. The summed E-state index contributed by atoms with van der Waals surface area (Å²) in [6, 6.07) is 10.8. The van der Waals surface area contributed by atoms with Crippen molar-refractivity contribution in [3.8, 4) is 22.1 Å². The normalized spacial score (nSPS) is 10.4. The molecule has 6 nitrogen and oxygen atoms in total. The second-order valence-electron chi connectivity index (χ2n) is 4.95. The molecule has 3 aromatic rings. The summed E-state index contributed by atoms with van der Waals surface area (Å²) in [5, 5.41) is 8.71. The Kier molecular flexibility index (Phi) is 4.81. The molecule has 0 bridgehead atoms. The van der Waals surface area contributed by atoms with Crippen molar-refractivity contribution in [1.82, 2.24) is 5.16 Å². The summed E-state index contributed by atoms with van der Waals surface area (Å²) in [6.07, 6.45) is 0.128. The van der Waals surface area contributed by atoms with Crippen LogP contribution in [-0.2, 0) is 11.2 Å². The average Bonchev–Trinajstić information content (AvgIpc) is 3.25. The highest BCUT2D eigenvalue weighted by Crippen LogP contribution is 2.30. The molecule has 7 heteroatoms. The molecule has 2 aromatic heterocycles. The molecule has 0 unspecified atom stereocenters. The molecule has 0 saturated carbocycles. The number of benzene rings is 1. The van der Waals surface area contributed by atoms with Crippen LogP contribution in [0.5, 0.6) is 11.5 Å². The molecule has 0 aliphatic carbocycles. The first-order valence-corrected chi connectivity index (χ1v) is 8.09. The van der Waals surface area contributed by atoms with Crippen molar-refractivity contribution < 1.29 is 18.8 Å². The molecule has 2 heterocycles. The Bertz CT molecular complexity index is 827. The summed E-state index contributed by atoms with van der Waals surface area (Å²) in [5.74, 6) is 1.64. The van der Waals surface area contributed by atoms with Crippen LogP contribution in [0.4, 0.5) is 5.69 Å². The van der Waals surface area contributed by atoms with Crippen LogP contribution >= 0.6 is 11.3 Å².